The summed E-state index contributed by atoms with van der Waals surface area (Å²) in [6.45, 7) is 1.13. The first kappa shape index (κ1) is 23.2. The van der Waals surface area contributed by atoms with Gasteiger partial charge in [0, 0.05) is 35.9 Å². The number of rotatable bonds is 8. The molecule has 0 spiro atoms. The molecule has 1 heterocycles. The predicted molar refractivity (Wildman–Crippen MR) is 124 cm³/mol. The Balaban J connectivity index is 1.67. The number of hydrogen-bond donors (Lipinski definition) is 0. The highest BCUT2D eigenvalue weighted by Crippen LogP contribution is 2.34. The van der Waals surface area contributed by atoms with Crippen LogP contribution in [-0.4, -0.2) is 36.3 Å². The van der Waals surface area contributed by atoms with Crippen molar-refractivity contribution in [2.24, 2.45) is 0 Å². The SMILES string of the molecule is COCCCN1C(=O)S/C(=C/c2ccc(OCc3ccc(Cl)cc3Cl)c(Br)c2)C1=O. The molecule has 1 saturated heterocycles. The minimum atomic E-state index is -0.282. The minimum Gasteiger partial charge on any atom is -0.488 e. The molecule has 5 nitrogen and oxygen atoms in total. The van der Waals surface area contributed by atoms with Crippen molar-refractivity contribution in [2.45, 2.75) is 13.0 Å². The van der Waals surface area contributed by atoms with Gasteiger partial charge >= 0.3 is 0 Å². The number of carbonyl (C=O) groups is 2. The van der Waals surface area contributed by atoms with Gasteiger partial charge < -0.3 is 9.47 Å². The van der Waals surface area contributed by atoms with E-state index in [1.807, 2.05) is 18.2 Å². The summed E-state index contributed by atoms with van der Waals surface area (Å²) in [7, 11) is 1.59. The number of halogens is 3. The van der Waals surface area contributed by atoms with Crippen LogP contribution in [0.3, 0.4) is 0 Å². The van der Waals surface area contributed by atoms with E-state index in [0.29, 0.717) is 40.3 Å². The smallest absolute Gasteiger partial charge is 0.293 e. The monoisotopic (exact) mass is 529 g/mol. The lowest BCUT2D eigenvalue weighted by Gasteiger charge is -2.11. The fourth-order valence-corrected chi connectivity index (χ4v) is 4.57. The lowest BCUT2D eigenvalue weighted by atomic mass is 10.2. The van der Waals surface area contributed by atoms with Crippen molar-refractivity contribution < 1.29 is 19.1 Å². The van der Waals surface area contributed by atoms with Crippen LogP contribution in [0, 0.1) is 0 Å². The third-order valence-electron chi connectivity index (χ3n) is 4.26. The third-order valence-corrected chi connectivity index (χ3v) is 6.37. The van der Waals surface area contributed by atoms with Crippen molar-refractivity contribution in [2.75, 3.05) is 20.3 Å². The zero-order chi connectivity index (χ0) is 21.7. The molecule has 1 fully saturated rings. The summed E-state index contributed by atoms with van der Waals surface area (Å²) < 4.78 is 11.5. The van der Waals surface area contributed by atoms with E-state index in [4.69, 9.17) is 32.7 Å². The van der Waals surface area contributed by atoms with Crippen molar-refractivity contribution in [1.29, 1.82) is 0 Å². The highest BCUT2D eigenvalue weighted by Gasteiger charge is 2.34. The molecular weight excluding hydrogens is 513 g/mol. The van der Waals surface area contributed by atoms with Gasteiger partial charge in [-0.05, 0) is 70.0 Å². The van der Waals surface area contributed by atoms with E-state index in [1.165, 1.54) is 4.90 Å². The van der Waals surface area contributed by atoms with Crippen molar-refractivity contribution in [3.8, 4) is 5.75 Å². The maximum absolute atomic E-state index is 12.5. The molecule has 3 rings (SSSR count). The first-order valence-electron chi connectivity index (χ1n) is 8.99. The minimum absolute atomic E-state index is 0.263. The molecule has 0 bridgehead atoms. The van der Waals surface area contributed by atoms with Crippen LogP contribution in [0.4, 0.5) is 4.79 Å². The van der Waals surface area contributed by atoms with Gasteiger partial charge in [0.25, 0.3) is 11.1 Å². The lowest BCUT2D eigenvalue weighted by molar-refractivity contribution is -0.122. The van der Waals surface area contributed by atoms with Gasteiger partial charge in [-0.25, -0.2) is 0 Å². The van der Waals surface area contributed by atoms with Gasteiger partial charge in [-0.2, -0.15) is 0 Å². The van der Waals surface area contributed by atoms with Crippen molar-refractivity contribution in [3.05, 3.63) is 66.9 Å². The summed E-state index contributed by atoms with van der Waals surface area (Å²) >= 11 is 16.5. The number of carbonyl (C=O) groups excluding carboxylic acids is 2. The maximum atomic E-state index is 12.5. The van der Waals surface area contributed by atoms with Gasteiger partial charge in [0.1, 0.15) is 12.4 Å². The molecule has 0 N–H and O–H groups in total. The maximum Gasteiger partial charge on any atom is 0.293 e. The topological polar surface area (TPSA) is 55.8 Å². The van der Waals surface area contributed by atoms with E-state index >= 15 is 0 Å². The molecule has 0 saturated carbocycles. The quantitative estimate of drug-likeness (QED) is 0.291. The van der Waals surface area contributed by atoms with E-state index in [-0.39, 0.29) is 17.8 Å². The number of hydrogen-bond acceptors (Lipinski definition) is 5. The zero-order valence-electron chi connectivity index (χ0n) is 16.0. The van der Waals surface area contributed by atoms with Crippen LogP contribution in [-0.2, 0) is 16.1 Å². The molecule has 9 heteroatoms. The molecule has 158 valence electrons. The van der Waals surface area contributed by atoms with Crippen LogP contribution in [0.25, 0.3) is 6.08 Å². The normalized spacial score (nSPS) is 15.3. The molecule has 0 radical (unpaired) electrons. The summed E-state index contributed by atoms with van der Waals surface area (Å²) in [5.74, 6) is 0.348. The predicted octanol–water partition coefficient (Wildman–Crippen LogP) is 6.41. The Kier molecular flexibility index (Phi) is 8.25. The molecule has 30 heavy (non-hydrogen) atoms. The second-order valence-corrected chi connectivity index (χ2v) is 9.09. The van der Waals surface area contributed by atoms with Gasteiger partial charge in [0.2, 0.25) is 0 Å². The molecule has 0 aliphatic carbocycles. The standard InChI is InChI=1S/C21H18BrCl2NO4S/c1-28-8-2-7-25-20(26)19(30-21(25)27)10-13-3-6-18(16(22)9-13)29-12-14-4-5-15(23)11-17(14)24/h3-6,9-11H,2,7-8,12H2,1H3/b19-10+. The number of ether oxygens (including phenoxy) is 2. The number of benzene rings is 2. The fraction of sp³-hybridized carbons (Fsp3) is 0.238. The molecule has 0 unspecified atom stereocenters. The molecule has 2 amide bonds. The Morgan fingerprint density at radius 2 is 1.97 bits per heavy atom. The van der Waals surface area contributed by atoms with Crippen molar-refractivity contribution in [3.63, 3.8) is 0 Å². The summed E-state index contributed by atoms with van der Waals surface area (Å²) in [5.41, 5.74) is 1.60. The number of imide groups is 1. The summed E-state index contributed by atoms with van der Waals surface area (Å²) in [6.07, 6.45) is 2.31. The van der Waals surface area contributed by atoms with Gasteiger partial charge in [-0.3, -0.25) is 14.5 Å². The zero-order valence-corrected chi connectivity index (χ0v) is 19.9. The fourth-order valence-electron chi connectivity index (χ4n) is 2.73. The van der Waals surface area contributed by atoms with Crippen LogP contribution in [0.15, 0.2) is 45.8 Å². The average Bonchev–Trinajstić information content (AvgIpc) is 2.96. The van der Waals surface area contributed by atoms with Crippen molar-refractivity contribution >= 4 is 68.1 Å². The largest absolute Gasteiger partial charge is 0.488 e. The van der Waals surface area contributed by atoms with Gasteiger partial charge in [0.05, 0.1) is 9.38 Å². The summed E-state index contributed by atoms with van der Waals surface area (Å²) in [6, 6.07) is 10.7. The Labute approximate surface area is 197 Å². The molecule has 1 aliphatic rings. The molecule has 2 aromatic rings. The first-order chi connectivity index (χ1) is 14.4. The molecular formula is C21H18BrCl2NO4S. The molecule has 0 aromatic heterocycles. The van der Waals surface area contributed by atoms with Crippen LogP contribution in [0.1, 0.15) is 17.5 Å². The van der Waals surface area contributed by atoms with Gasteiger partial charge in [-0.1, -0.05) is 35.3 Å². The van der Waals surface area contributed by atoms with E-state index in [0.717, 1.165) is 27.4 Å². The lowest BCUT2D eigenvalue weighted by Crippen LogP contribution is -2.29. The Hall–Kier alpha value is -1.51. The number of thioether (sulfide) groups is 1. The highest BCUT2D eigenvalue weighted by atomic mass is 79.9. The van der Waals surface area contributed by atoms with Gasteiger partial charge in [-0.15, -0.1) is 0 Å². The summed E-state index contributed by atoms with van der Waals surface area (Å²) in [4.78, 5) is 26.2. The van der Waals surface area contributed by atoms with Gasteiger partial charge in [0.15, 0.2) is 0 Å². The Bertz CT molecular complexity index is 999. The Morgan fingerprint density at radius 1 is 1.17 bits per heavy atom. The molecule has 1 aliphatic heterocycles. The highest BCUT2D eigenvalue weighted by molar-refractivity contribution is 9.10. The van der Waals surface area contributed by atoms with E-state index in [2.05, 4.69) is 15.9 Å². The second-order valence-electron chi connectivity index (χ2n) is 6.39. The second kappa shape index (κ2) is 10.7. The number of methoxy groups -OCH3 is 1. The van der Waals surface area contributed by atoms with Crippen LogP contribution < -0.4 is 4.74 Å². The molecule has 0 atom stereocenters. The van der Waals surface area contributed by atoms with E-state index in [9.17, 15) is 9.59 Å². The van der Waals surface area contributed by atoms with Crippen molar-refractivity contribution in [1.82, 2.24) is 4.90 Å². The number of nitrogens with zero attached hydrogens (tertiary/aromatic N) is 1. The first-order valence-corrected chi connectivity index (χ1v) is 11.4. The average molecular weight is 531 g/mol. The van der Waals surface area contributed by atoms with E-state index < -0.39 is 0 Å². The summed E-state index contributed by atoms with van der Waals surface area (Å²) in [5, 5.41) is 0.843. The van der Waals surface area contributed by atoms with Crippen LogP contribution in [0.5, 0.6) is 5.75 Å². The third kappa shape index (κ3) is 5.80. The number of amides is 2. The molecule has 2 aromatic carbocycles. The van der Waals surface area contributed by atoms with Crippen LogP contribution >= 0.6 is 50.9 Å². The van der Waals surface area contributed by atoms with E-state index in [1.54, 1.807) is 31.4 Å². The Morgan fingerprint density at radius 3 is 2.67 bits per heavy atom. The van der Waals surface area contributed by atoms with Crippen LogP contribution in [0.2, 0.25) is 10.0 Å².